The molecule has 0 atom stereocenters. The number of aryl methyl sites for hydroxylation is 4. The molecular weight excluding hydrogens is 1230 g/mol. The summed E-state index contributed by atoms with van der Waals surface area (Å²) in [6.45, 7) is 18.1. The quantitative estimate of drug-likeness (QED) is 0.0358. The van der Waals surface area contributed by atoms with E-state index in [4.69, 9.17) is 0 Å². The van der Waals surface area contributed by atoms with E-state index in [2.05, 4.69) is 106 Å². The van der Waals surface area contributed by atoms with E-state index in [1.54, 1.807) is 4.70 Å². The molecule has 0 radical (unpaired) electrons. The first-order valence-electron chi connectivity index (χ1n) is 45.1. The van der Waals surface area contributed by atoms with Gasteiger partial charge in [0, 0.05) is 22.3 Å². The summed E-state index contributed by atoms with van der Waals surface area (Å²) in [5.74, 6) is 0. The van der Waals surface area contributed by atoms with E-state index < -0.39 is 0 Å². The Morgan fingerprint density at radius 3 is 0.571 bits per heavy atom. The van der Waals surface area contributed by atoms with Crippen molar-refractivity contribution in [2.75, 3.05) is 0 Å². The van der Waals surface area contributed by atoms with Crippen LogP contribution in [0.4, 0.5) is 0 Å². The first kappa shape index (κ1) is 92.1. The van der Waals surface area contributed by atoms with Gasteiger partial charge in [-0.3, -0.25) is 0 Å². The maximum absolute atomic E-state index is 12.0. The van der Waals surface area contributed by atoms with Gasteiger partial charge in [0.05, 0.1) is 0 Å². The molecule has 1 heterocycles. The van der Waals surface area contributed by atoms with Gasteiger partial charge in [0.1, 0.15) is 0 Å². The molecule has 2 aromatic rings. The van der Waals surface area contributed by atoms with Crippen LogP contribution >= 0.6 is 0 Å². The van der Waals surface area contributed by atoms with Crippen molar-refractivity contribution in [3.05, 3.63) is 86.5 Å². The minimum absolute atomic E-state index is 1.01. The number of nitrogens with zero attached hydrogens (tertiary/aromatic N) is 2. The summed E-state index contributed by atoms with van der Waals surface area (Å²) in [5, 5.41) is 2.87. The average Bonchev–Trinajstić information content (AvgIpc) is 1.61. The van der Waals surface area contributed by atoms with E-state index in [0.29, 0.717) is 0 Å². The van der Waals surface area contributed by atoms with Gasteiger partial charge in [-0.25, -0.2) is 4.70 Å². The zero-order chi connectivity index (χ0) is 70.5. The van der Waals surface area contributed by atoms with E-state index in [1.165, 1.54) is 453 Å². The molecule has 3 heteroatoms. The Morgan fingerprint density at radius 1 is 0.214 bits per heavy atom. The molecular formula is C95H172N2Ni. The second-order valence-electron chi connectivity index (χ2n) is 31.3. The Bertz CT molecular complexity index is 2020. The van der Waals surface area contributed by atoms with Crippen molar-refractivity contribution in [3.8, 4) is 0 Å². The van der Waals surface area contributed by atoms with Crippen molar-refractivity contribution in [1.29, 1.82) is 0 Å². The molecule has 0 unspecified atom stereocenters. The third-order valence-corrected chi connectivity index (χ3v) is 23.5. The van der Waals surface area contributed by atoms with Crippen LogP contribution in [0.1, 0.15) is 506 Å². The molecule has 98 heavy (non-hydrogen) atoms. The molecule has 1 aliphatic heterocycles. The molecule has 0 bridgehead atoms. The van der Waals surface area contributed by atoms with Crippen molar-refractivity contribution in [1.82, 2.24) is 0 Å². The van der Waals surface area contributed by atoms with Crippen molar-refractivity contribution < 1.29 is 19.1 Å². The molecule has 0 saturated heterocycles. The molecule has 0 fully saturated rings. The Morgan fingerprint density at radius 2 is 0.378 bits per heavy atom. The van der Waals surface area contributed by atoms with Gasteiger partial charge < -0.3 is 5.53 Å². The average molecular weight is 1400 g/mol. The summed E-state index contributed by atoms with van der Waals surface area (Å²) in [5.41, 5.74) is 24.6. The fourth-order valence-corrected chi connectivity index (χ4v) is 16.6. The molecule has 0 aromatic heterocycles. The van der Waals surface area contributed by atoms with Crippen LogP contribution in [-0.2, 0) is 40.1 Å². The van der Waals surface area contributed by atoms with Gasteiger partial charge in [0.15, 0.2) is 0 Å². The maximum atomic E-state index is 12.0. The van der Waals surface area contributed by atoms with E-state index in [0.717, 1.165) is 56.3 Å². The standard InChI is InChI=1S/C35H50N2.2C30H61.Ni/c1-7-13-15-17-19-33-32(18-16-14-8-2)34(30-22-26(9-3)20-27(10-4)23-30)37(36)35(33)31-24-28(11-5)21-29(12-6)25-31;2*1-3-5-7-9-11-13-15-17-19-21-23-25-27-29-30-28-26-24-22-20-18-16-14-12-10-8-6-4-2;/h20-25H,7-19H2,1-6H3;2*1,3-30H2,2H3;. The fraction of sp³-hybridized carbons (Fsp3) is 0.832. The second kappa shape index (κ2) is 70.7. The van der Waals surface area contributed by atoms with Crippen molar-refractivity contribution in [3.63, 3.8) is 0 Å². The summed E-state index contributed by atoms with van der Waals surface area (Å²) < 4.78 is 1.58. The van der Waals surface area contributed by atoms with Gasteiger partial charge in [-0.2, -0.15) is 0 Å². The number of unbranched alkanes of at least 4 members (excludes halogenated alkanes) is 59. The Kier molecular flexibility index (Phi) is 66.4. The molecule has 572 valence electrons. The summed E-state index contributed by atoms with van der Waals surface area (Å²) >= 11 is 2.06. The summed E-state index contributed by atoms with van der Waals surface area (Å²) in [6.07, 6.45) is 97.8. The van der Waals surface area contributed by atoms with Crippen LogP contribution in [-0.4, -0.2) is 4.70 Å². The zero-order valence-electron chi connectivity index (χ0n) is 67.9. The Balaban J connectivity index is 0.000000746. The number of allylic oxidation sites excluding steroid dienone is 2. The van der Waals surface area contributed by atoms with Crippen molar-refractivity contribution in [2.24, 2.45) is 0 Å². The van der Waals surface area contributed by atoms with Crippen molar-refractivity contribution >= 4 is 11.4 Å². The van der Waals surface area contributed by atoms with E-state index >= 15 is 0 Å². The van der Waals surface area contributed by atoms with Gasteiger partial charge in [-0.15, -0.1) is 0 Å². The normalized spacial score (nSPS) is 12.6. The third-order valence-electron chi connectivity index (χ3n) is 22.1. The fourth-order valence-electron chi connectivity index (χ4n) is 15.4. The molecule has 0 N–H and O–H groups in total. The third kappa shape index (κ3) is 50.4. The smallest absolute Gasteiger partial charge is 0.0654 e. The van der Waals surface area contributed by atoms with Crippen LogP contribution in [0.5, 0.6) is 0 Å². The monoisotopic (exact) mass is 1400 g/mol. The number of rotatable bonds is 73. The Labute approximate surface area is 622 Å². The van der Waals surface area contributed by atoms with Crippen LogP contribution in [0.2, 0.25) is 10.8 Å². The van der Waals surface area contributed by atoms with Crippen LogP contribution < -0.4 is 0 Å². The molecule has 1 aliphatic rings. The molecule has 0 spiro atoms. The van der Waals surface area contributed by atoms with Crippen LogP contribution in [0.25, 0.3) is 16.9 Å². The van der Waals surface area contributed by atoms with E-state index in [1.807, 2.05) is 0 Å². The minimum atomic E-state index is 1.01. The van der Waals surface area contributed by atoms with Gasteiger partial charge in [0.2, 0.25) is 11.4 Å². The van der Waals surface area contributed by atoms with Crippen LogP contribution in [0.3, 0.4) is 0 Å². The number of hydrogen-bond donors (Lipinski definition) is 0. The predicted octanol–water partition coefficient (Wildman–Crippen LogP) is 34.4. The van der Waals surface area contributed by atoms with Crippen LogP contribution in [0.15, 0.2) is 47.5 Å². The number of hydrogen-bond acceptors (Lipinski definition) is 0. The number of benzene rings is 2. The van der Waals surface area contributed by atoms with E-state index in [-0.39, 0.29) is 0 Å². The SMILES string of the molecule is CCCCCCC1=C(c2cc(CC)cc(CC)c2)[N+](=[N-])C(c2cc(CC)cc(CC)c2)=C1CCCCC.CCCCCCCCCCCCCCCCCCCCCCCCCCCCC[CH2][Ni][CH2]CCCCCCCCCCCCCCCCCCCCCCCCCCCCC. The molecule has 3 rings (SSSR count). The molecule has 2 aromatic carbocycles. The molecule has 0 amide bonds. The molecule has 0 aliphatic carbocycles. The van der Waals surface area contributed by atoms with Gasteiger partial charge in [0.25, 0.3) is 0 Å². The first-order valence-corrected chi connectivity index (χ1v) is 46.5. The van der Waals surface area contributed by atoms with Gasteiger partial charge in [-0.05, 0) is 97.9 Å². The summed E-state index contributed by atoms with van der Waals surface area (Å²) in [6, 6.07) is 13.9. The summed E-state index contributed by atoms with van der Waals surface area (Å²) in [7, 11) is 0. The van der Waals surface area contributed by atoms with Crippen LogP contribution in [0, 0.1) is 0 Å². The second-order valence-corrected chi connectivity index (χ2v) is 32.8. The van der Waals surface area contributed by atoms with E-state index in [9.17, 15) is 5.53 Å². The predicted molar refractivity (Wildman–Crippen MR) is 440 cm³/mol. The zero-order valence-corrected chi connectivity index (χ0v) is 68.9. The minimum Gasteiger partial charge on any atom is -0.0654 e. The molecule has 0 saturated carbocycles. The van der Waals surface area contributed by atoms with Gasteiger partial charge in [-0.1, -0.05) is 318 Å². The Hall–Kier alpha value is -1.99. The topological polar surface area (TPSA) is 25.3 Å². The first-order chi connectivity index (χ1) is 48.4. The summed E-state index contributed by atoms with van der Waals surface area (Å²) in [4.78, 5) is 0. The molecule has 2 nitrogen and oxygen atoms in total. The van der Waals surface area contributed by atoms with Crippen molar-refractivity contribution in [2.45, 2.75) is 509 Å². The van der Waals surface area contributed by atoms with Gasteiger partial charge >= 0.3 is 166 Å².